The van der Waals surface area contributed by atoms with Crippen molar-refractivity contribution in [2.45, 2.75) is 63.0 Å². The predicted molar refractivity (Wildman–Crippen MR) is 110 cm³/mol. The highest BCUT2D eigenvalue weighted by atomic mass is 19.4. The summed E-state index contributed by atoms with van der Waals surface area (Å²) in [5.74, 6) is -0.595. The number of methoxy groups -OCH3 is 1. The number of carbonyl (C=O) groups excluding carboxylic acids is 1. The summed E-state index contributed by atoms with van der Waals surface area (Å²) in [6, 6.07) is 8.20. The molecule has 1 aromatic carbocycles. The van der Waals surface area contributed by atoms with Gasteiger partial charge in [-0.2, -0.15) is 13.2 Å². The minimum Gasteiger partial charge on any atom is -0.497 e. The van der Waals surface area contributed by atoms with Gasteiger partial charge in [0, 0.05) is 11.6 Å². The Kier molecular flexibility index (Phi) is 5.43. The summed E-state index contributed by atoms with van der Waals surface area (Å²) in [7, 11) is 1.49. The van der Waals surface area contributed by atoms with Gasteiger partial charge in [-0.25, -0.2) is 4.79 Å². The number of ether oxygens (including phenoxy) is 3. The smallest absolute Gasteiger partial charge is 0.425 e. The second-order valence-corrected chi connectivity index (χ2v) is 8.21. The molecule has 0 bridgehead atoms. The van der Waals surface area contributed by atoms with Gasteiger partial charge < -0.3 is 23.9 Å². The minimum atomic E-state index is -4.98. The Balaban J connectivity index is 1.94. The van der Waals surface area contributed by atoms with Crippen LogP contribution in [0.4, 0.5) is 18.9 Å². The molecule has 6 nitrogen and oxygen atoms in total. The van der Waals surface area contributed by atoms with E-state index in [-0.39, 0.29) is 18.7 Å². The highest BCUT2D eigenvalue weighted by Gasteiger charge is 2.73. The number of halogens is 3. The van der Waals surface area contributed by atoms with Crippen LogP contribution in [-0.2, 0) is 19.9 Å². The molecule has 2 aliphatic heterocycles. The van der Waals surface area contributed by atoms with Crippen molar-refractivity contribution in [3.05, 3.63) is 47.4 Å². The summed E-state index contributed by atoms with van der Waals surface area (Å²) in [5.41, 5.74) is -3.40. The monoisotopic (exact) mass is 453 g/mol. The summed E-state index contributed by atoms with van der Waals surface area (Å²) in [6.45, 7) is 4.87. The van der Waals surface area contributed by atoms with E-state index in [0.717, 1.165) is 0 Å². The number of anilines is 1. The molecule has 0 amide bonds. The van der Waals surface area contributed by atoms with Crippen LogP contribution in [0.25, 0.3) is 0 Å². The number of nitrogens with one attached hydrogen (secondary N) is 1. The molecule has 174 valence electrons. The van der Waals surface area contributed by atoms with Gasteiger partial charge >= 0.3 is 12.1 Å². The van der Waals surface area contributed by atoms with Crippen LogP contribution in [0.2, 0.25) is 0 Å². The number of carbonyl (C=O) groups is 1. The Morgan fingerprint density at radius 2 is 2.00 bits per heavy atom. The quantitative estimate of drug-likeness (QED) is 0.638. The number of hydrogen-bond acceptors (Lipinski definition) is 6. The molecule has 0 radical (unpaired) electrons. The molecule has 32 heavy (non-hydrogen) atoms. The second-order valence-electron chi connectivity index (χ2n) is 8.21. The predicted octanol–water partition coefficient (Wildman–Crippen LogP) is 5.06. The van der Waals surface area contributed by atoms with Crippen LogP contribution in [-0.4, -0.2) is 37.5 Å². The fraction of sp³-hybridized carbons (Fsp3) is 0.522. The zero-order valence-corrected chi connectivity index (χ0v) is 18.3. The first-order valence-corrected chi connectivity index (χ1v) is 10.6. The van der Waals surface area contributed by atoms with E-state index in [9.17, 15) is 18.0 Å². The fourth-order valence-electron chi connectivity index (χ4n) is 4.87. The van der Waals surface area contributed by atoms with Crippen molar-refractivity contribution in [1.29, 1.82) is 0 Å². The molecule has 1 saturated heterocycles. The van der Waals surface area contributed by atoms with Crippen LogP contribution in [0.1, 0.15) is 49.7 Å². The number of rotatable bonds is 5. The Bertz CT molecular complexity index is 1020. The summed E-state index contributed by atoms with van der Waals surface area (Å²) in [5, 5.41) is 2.47. The van der Waals surface area contributed by atoms with Crippen LogP contribution in [0.15, 0.2) is 34.7 Å². The lowest BCUT2D eigenvalue weighted by Crippen LogP contribution is -2.68. The Morgan fingerprint density at radius 1 is 1.25 bits per heavy atom. The summed E-state index contributed by atoms with van der Waals surface area (Å²) < 4.78 is 66.4. The van der Waals surface area contributed by atoms with Crippen molar-refractivity contribution in [2.24, 2.45) is 0 Å². The standard InChI is InChI=1S/C23H26F3NO5/c1-5-21(18-10-7-13(3)31-18)12-16-15-11-14(29-4)8-9-17(15)27-22(19(16)32-21,23(24,25)26)20(28)30-6-2/h7-11,16,19,27H,5-6,12H2,1-4H3/t16-,19-,21-,22+/m1/s1. The molecule has 1 N–H and O–H groups in total. The number of hydrogen-bond donors (Lipinski definition) is 1. The third-order valence-corrected chi connectivity index (χ3v) is 6.49. The SMILES string of the molecule is CCOC(=O)[C@@]1(C(F)(F)F)Nc2ccc(OC)cc2[C@H]2C[C@](CC)(c3ccc(C)o3)O[C@H]21. The largest absolute Gasteiger partial charge is 0.497 e. The first kappa shape index (κ1) is 22.5. The van der Waals surface area contributed by atoms with Crippen LogP contribution < -0.4 is 10.1 Å². The number of furan rings is 1. The highest BCUT2D eigenvalue weighted by molar-refractivity contribution is 5.89. The topological polar surface area (TPSA) is 69.9 Å². The fourth-order valence-corrected chi connectivity index (χ4v) is 4.87. The van der Waals surface area contributed by atoms with Crippen LogP contribution in [0.3, 0.4) is 0 Å². The van der Waals surface area contributed by atoms with Gasteiger partial charge in [0.05, 0.1) is 13.7 Å². The second kappa shape index (κ2) is 7.72. The first-order valence-electron chi connectivity index (χ1n) is 10.6. The van der Waals surface area contributed by atoms with Crippen molar-refractivity contribution in [3.63, 3.8) is 0 Å². The van der Waals surface area contributed by atoms with Gasteiger partial charge in [-0.15, -0.1) is 0 Å². The average molecular weight is 453 g/mol. The molecule has 4 atom stereocenters. The molecule has 0 unspecified atom stereocenters. The summed E-state index contributed by atoms with van der Waals surface area (Å²) >= 11 is 0. The lowest BCUT2D eigenvalue weighted by atomic mass is 9.73. The lowest BCUT2D eigenvalue weighted by Gasteiger charge is -2.45. The van der Waals surface area contributed by atoms with Gasteiger partial charge in [-0.3, -0.25) is 0 Å². The average Bonchev–Trinajstić information content (AvgIpc) is 3.37. The molecular formula is C23H26F3NO5. The van der Waals surface area contributed by atoms with Crippen LogP contribution >= 0.6 is 0 Å². The van der Waals surface area contributed by atoms with Crippen molar-refractivity contribution in [2.75, 3.05) is 19.0 Å². The molecule has 2 aliphatic rings. The zero-order valence-electron chi connectivity index (χ0n) is 18.3. The number of aryl methyl sites for hydroxylation is 1. The van der Waals surface area contributed by atoms with Crippen molar-refractivity contribution in [3.8, 4) is 5.75 Å². The Morgan fingerprint density at radius 3 is 2.56 bits per heavy atom. The van der Waals surface area contributed by atoms with Gasteiger partial charge in [-0.05, 0) is 62.6 Å². The summed E-state index contributed by atoms with van der Waals surface area (Å²) in [6.07, 6.45) is -5.97. The maximum absolute atomic E-state index is 14.7. The normalized spacial score (nSPS) is 29.1. The summed E-state index contributed by atoms with van der Waals surface area (Å²) in [4.78, 5) is 12.9. The van der Waals surface area contributed by atoms with E-state index in [1.807, 2.05) is 6.92 Å². The zero-order chi connectivity index (χ0) is 23.3. The number of alkyl halides is 3. The molecule has 1 aromatic heterocycles. The van der Waals surface area contributed by atoms with E-state index >= 15 is 0 Å². The van der Waals surface area contributed by atoms with Gasteiger partial charge in [0.1, 0.15) is 29.0 Å². The molecule has 2 aromatic rings. The first-order chi connectivity index (χ1) is 15.1. The molecule has 4 rings (SSSR count). The molecule has 0 aliphatic carbocycles. The van der Waals surface area contributed by atoms with Gasteiger partial charge in [0.25, 0.3) is 5.54 Å². The number of benzene rings is 1. The third-order valence-electron chi connectivity index (χ3n) is 6.49. The highest BCUT2D eigenvalue weighted by Crippen LogP contribution is 2.59. The van der Waals surface area contributed by atoms with E-state index in [1.54, 1.807) is 31.2 Å². The molecule has 9 heteroatoms. The molecule has 3 heterocycles. The van der Waals surface area contributed by atoms with E-state index in [2.05, 4.69) is 5.32 Å². The van der Waals surface area contributed by atoms with Crippen molar-refractivity contribution < 1.29 is 36.6 Å². The molecule has 0 spiro atoms. The Hall–Kier alpha value is -2.68. The van der Waals surface area contributed by atoms with E-state index < -0.39 is 35.3 Å². The molecule has 0 saturated carbocycles. The van der Waals surface area contributed by atoms with Gasteiger partial charge in [0.2, 0.25) is 0 Å². The Labute approximate surface area is 184 Å². The molecular weight excluding hydrogens is 427 g/mol. The van der Waals surface area contributed by atoms with Crippen molar-refractivity contribution in [1.82, 2.24) is 0 Å². The van der Waals surface area contributed by atoms with E-state index in [1.165, 1.54) is 20.1 Å². The minimum absolute atomic E-state index is 0.193. The molecule has 1 fully saturated rings. The number of esters is 1. The van der Waals surface area contributed by atoms with E-state index in [0.29, 0.717) is 29.3 Å². The maximum atomic E-state index is 14.7. The van der Waals surface area contributed by atoms with Crippen molar-refractivity contribution >= 4 is 11.7 Å². The number of fused-ring (bicyclic) bond motifs is 3. The lowest BCUT2D eigenvalue weighted by molar-refractivity contribution is -0.231. The maximum Gasteiger partial charge on any atom is 0.425 e. The van der Waals surface area contributed by atoms with E-state index in [4.69, 9.17) is 18.6 Å². The van der Waals surface area contributed by atoms with Crippen LogP contribution in [0.5, 0.6) is 5.75 Å². The van der Waals surface area contributed by atoms with Crippen LogP contribution in [0, 0.1) is 6.92 Å². The van der Waals surface area contributed by atoms with Gasteiger partial charge in [-0.1, -0.05) is 6.92 Å². The third kappa shape index (κ3) is 3.17. The van der Waals surface area contributed by atoms with Gasteiger partial charge in [0.15, 0.2) is 0 Å².